The van der Waals surface area contributed by atoms with E-state index in [4.69, 9.17) is 0 Å². The van der Waals surface area contributed by atoms with Gasteiger partial charge >= 0.3 is 6.18 Å². The van der Waals surface area contributed by atoms with E-state index in [9.17, 15) is 13.2 Å². The number of rotatable bonds is 3. The molecule has 5 rings (SSSR count). The predicted molar refractivity (Wildman–Crippen MR) is 131 cm³/mol. The van der Waals surface area contributed by atoms with Crippen molar-refractivity contribution in [2.45, 2.75) is 13.1 Å². The van der Waals surface area contributed by atoms with Crippen LogP contribution in [0.1, 0.15) is 11.1 Å². The Labute approximate surface area is 189 Å². The fourth-order valence-corrected chi connectivity index (χ4v) is 7.93. The molecule has 0 aliphatic rings. The molecule has 1 atom stereocenters. The maximum Gasteiger partial charge on any atom is 0.417 e. The van der Waals surface area contributed by atoms with Gasteiger partial charge in [0, 0.05) is 15.9 Å². The summed E-state index contributed by atoms with van der Waals surface area (Å²) in [5.41, 5.74) is -0.177. The van der Waals surface area contributed by atoms with Crippen molar-refractivity contribution in [3.8, 4) is 0 Å². The first kappa shape index (κ1) is 21.5. The summed E-state index contributed by atoms with van der Waals surface area (Å²) in [4.78, 5) is 0. The Morgan fingerprint density at radius 2 is 1.15 bits per heavy atom. The van der Waals surface area contributed by atoms with Crippen LogP contribution >= 0.6 is 7.14 Å². The number of aryl methyl sites for hydroxylation is 1. The normalized spacial score (nSPS) is 13.8. The van der Waals surface area contributed by atoms with Crippen molar-refractivity contribution in [3.05, 3.63) is 114 Å². The summed E-state index contributed by atoms with van der Waals surface area (Å²) < 4.78 is 57.7. The van der Waals surface area contributed by atoms with Gasteiger partial charge in [0.1, 0.15) is 0 Å². The van der Waals surface area contributed by atoms with Crippen molar-refractivity contribution >= 4 is 44.6 Å². The Hall–Kier alpha value is -3.36. The molecule has 0 saturated carbocycles. The highest BCUT2D eigenvalue weighted by Crippen LogP contribution is 2.49. The molecule has 0 aliphatic heterocycles. The maximum absolute atomic E-state index is 15.3. The predicted octanol–water partition coefficient (Wildman–Crippen LogP) is 6.96. The van der Waals surface area contributed by atoms with Gasteiger partial charge in [-0.2, -0.15) is 13.2 Å². The van der Waals surface area contributed by atoms with Crippen molar-refractivity contribution < 1.29 is 17.7 Å². The van der Waals surface area contributed by atoms with Crippen LogP contribution in [0.15, 0.2) is 103 Å². The SMILES string of the molecule is Cc1ccccc1P(=O)(c1ccccc1C(F)(F)F)c1cc2ccccc2c2ccccc12. The molecule has 0 spiro atoms. The second-order valence-electron chi connectivity index (χ2n) is 8.07. The Bertz CT molecular complexity index is 1550. The van der Waals surface area contributed by atoms with Gasteiger partial charge in [-0.05, 0) is 46.2 Å². The van der Waals surface area contributed by atoms with Gasteiger partial charge in [-0.15, -0.1) is 0 Å². The summed E-state index contributed by atoms with van der Waals surface area (Å²) in [6.07, 6.45) is -4.64. The first-order valence-corrected chi connectivity index (χ1v) is 12.3. The van der Waals surface area contributed by atoms with Crippen LogP contribution in [0.5, 0.6) is 0 Å². The van der Waals surface area contributed by atoms with Crippen molar-refractivity contribution in [1.82, 2.24) is 0 Å². The van der Waals surface area contributed by atoms with Gasteiger partial charge in [-0.25, -0.2) is 0 Å². The van der Waals surface area contributed by atoms with E-state index in [0.29, 0.717) is 21.6 Å². The molecule has 5 heteroatoms. The molecule has 0 fully saturated rings. The van der Waals surface area contributed by atoms with Gasteiger partial charge in [0.25, 0.3) is 0 Å². The molecule has 0 bridgehead atoms. The highest BCUT2D eigenvalue weighted by Gasteiger charge is 2.42. The van der Waals surface area contributed by atoms with Crippen molar-refractivity contribution in [2.75, 3.05) is 0 Å². The van der Waals surface area contributed by atoms with Crippen molar-refractivity contribution in [1.29, 1.82) is 0 Å². The van der Waals surface area contributed by atoms with Gasteiger partial charge < -0.3 is 4.57 Å². The number of fused-ring (bicyclic) bond motifs is 3. The lowest BCUT2D eigenvalue weighted by molar-refractivity contribution is -0.136. The average Bonchev–Trinajstić information content (AvgIpc) is 2.83. The summed E-state index contributed by atoms with van der Waals surface area (Å²) in [5, 5.41) is 4.02. The number of halogens is 3. The van der Waals surface area contributed by atoms with Crippen molar-refractivity contribution in [2.24, 2.45) is 0 Å². The van der Waals surface area contributed by atoms with Gasteiger partial charge in [0.2, 0.25) is 0 Å². The molecular weight excluding hydrogens is 440 g/mol. The van der Waals surface area contributed by atoms with E-state index in [-0.39, 0.29) is 5.30 Å². The van der Waals surface area contributed by atoms with E-state index in [0.717, 1.165) is 22.2 Å². The lowest BCUT2D eigenvalue weighted by Crippen LogP contribution is -2.31. The first-order chi connectivity index (χ1) is 15.8. The summed E-state index contributed by atoms with van der Waals surface area (Å²) in [7, 11) is -3.92. The zero-order valence-corrected chi connectivity index (χ0v) is 18.7. The molecule has 5 aromatic carbocycles. The first-order valence-electron chi connectivity index (χ1n) is 10.6. The third kappa shape index (κ3) is 3.46. The highest BCUT2D eigenvalue weighted by molar-refractivity contribution is 7.86. The summed E-state index contributed by atoms with van der Waals surface area (Å²) in [5.74, 6) is 0. The zero-order chi connectivity index (χ0) is 23.2. The van der Waals surface area contributed by atoms with Gasteiger partial charge in [-0.1, -0.05) is 91.0 Å². The third-order valence-corrected chi connectivity index (χ3v) is 9.39. The number of hydrogen-bond acceptors (Lipinski definition) is 1. The lowest BCUT2D eigenvalue weighted by atomic mass is 10.0. The fourth-order valence-electron chi connectivity index (χ4n) is 4.59. The van der Waals surface area contributed by atoms with Crippen LogP contribution < -0.4 is 15.9 Å². The minimum Gasteiger partial charge on any atom is -0.309 e. The molecular formula is C28H20F3OP. The monoisotopic (exact) mass is 460 g/mol. The zero-order valence-electron chi connectivity index (χ0n) is 17.8. The Balaban J connectivity index is 2.00. The Kier molecular flexibility index (Phi) is 5.14. The topological polar surface area (TPSA) is 17.1 Å². The molecule has 0 aliphatic carbocycles. The standard InChI is InChI=1S/C28H20F3OP/c1-19-10-2-8-16-25(19)33(32,26-17-9-7-15-24(26)28(29,30)31)27-18-20-11-3-4-12-21(20)22-13-5-6-14-23(22)27/h2-18H,1H3. The molecule has 5 aromatic rings. The van der Waals surface area contributed by atoms with E-state index in [1.54, 1.807) is 37.3 Å². The molecule has 1 nitrogen and oxygen atoms in total. The largest absolute Gasteiger partial charge is 0.417 e. The fraction of sp³-hybridized carbons (Fsp3) is 0.0714. The van der Waals surface area contributed by atoms with Gasteiger partial charge in [0.15, 0.2) is 7.14 Å². The minimum atomic E-state index is -4.64. The quantitative estimate of drug-likeness (QED) is 0.210. The summed E-state index contributed by atoms with van der Waals surface area (Å²) in [6, 6.07) is 29.2. The van der Waals surface area contributed by atoms with Crippen LogP contribution in [-0.4, -0.2) is 0 Å². The Morgan fingerprint density at radius 3 is 1.85 bits per heavy atom. The Morgan fingerprint density at radius 1 is 0.606 bits per heavy atom. The third-order valence-electron chi connectivity index (χ3n) is 6.09. The van der Waals surface area contributed by atoms with Crippen LogP contribution in [-0.2, 0) is 10.7 Å². The second kappa shape index (κ2) is 7.90. The summed E-state index contributed by atoms with van der Waals surface area (Å²) in [6.45, 7) is 1.79. The molecule has 0 N–H and O–H groups in total. The molecule has 0 heterocycles. The van der Waals surface area contributed by atoms with Crippen LogP contribution in [0, 0.1) is 6.92 Å². The van der Waals surface area contributed by atoms with Crippen molar-refractivity contribution in [3.63, 3.8) is 0 Å². The molecule has 33 heavy (non-hydrogen) atoms. The second-order valence-corrected chi connectivity index (χ2v) is 10.7. The van der Waals surface area contributed by atoms with E-state index in [2.05, 4.69) is 0 Å². The van der Waals surface area contributed by atoms with Crippen LogP contribution in [0.2, 0.25) is 0 Å². The van der Waals surface area contributed by atoms with E-state index < -0.39 is 18.9 Å². The smallest absolute Gasteiger partial charge is 0.309 e. The molecule has 0 radical (unpaired) electrons. The number of hydrogen-bond donors (Lipinski definition) is 0. The van der Waals surface area contributed by atoms with E-state index >= 15 is 4.57 Å². The van der Waals surface area contributed by atoms with Crippen LogP contribution in [0.25, 0.3) is 21.5 Å². The molecule has 164 valence electrons. The van der Waals surface area contributed by atoms with Gasteiger partial charge in [-0.3, -0.25) is 0 Å². The molecule has 0 amide bonds. The highest BCUT2D eigenvalue weighted by atomic mass is 31.2. The molecule has 1 unspecified atom stereocenters. The minimum absolute atomic E-state index is 0.188. The molecule has 0 aromatic heterocycles. The number of alkyl halides is 3. The number of benzene rings is 5. The van der Waals surface area contributed by atoms with Gasteiger partial charge in [0.05, 0.1) is 5.56 Å². The lowest BCUT2D eigenvalue weighted by Gasteiger charge is -2.26. The van der Waals surface area contributed by atoms with Crippen LogP contribution in [0.4, 0.5) is 13.2 Å². The van der Waals surface area contributed by atoms with E-state index in [1.165, 1.54) is 18.2 Å². The van der Waals surface area contributed by atoms with E-state index in [1.807, 2.05) is 48.5 Å². The summed E-state index contributed by atoms with van der Waals surface area (Å²) >= 11 is 0. The van der Waals surface area contributed by atoms with Crippen LogP contribution in [0.3, 0.4) is 0 Å². The maximum atomic E-state index is 15.3. The average molecular weight is 460 g/mol. The molecule has 0 saturated heterocycles.